The molecule has 29 heavy (non-hydrogen) atoms. The third-order valence-electron chi connectivity index (χ3n) is 6.05. The fourth-order valence-corrected chi connectivity index (χ4v) is 4.38. The second-order valence-corrected chi connectivity index (χ2v) is 8.21. The first kappa shape index (κ1) is 21.6. The highest BCUT2D eigenvalue weighted by molar-refractivity contribution is 6.03. The first-order chi connectivity index (χ1) is 14.0. The molecule has 1 saturated heterocycles. The van der Waals surface area contributed by atoms with Crippen LogP contribution in [0.5, 0.6) is 5.75 Å². The molecule has 1 fully saturated rings. The summed E-state index contributed by atoms with van der Waals surface area (Å²) in [5.74, 6) is 0.415. The van der Waals surface area contributed by atoms with Crippen molar-refractivity contribution in [1.29, 1.82) is 0 Å². The Balaban J connectivity index is 1.53. The molecular weight excluding hydrogens is 366 g/mol. The van der Waals surface area contributed by atoms with Gasteiger partial charge in [0.2, 0.25) is 5.91 Å². The van der Waals surface area contributed by atoms with Crippen molar-refractivity contribution in [2.24, 2.45) is 0 Å². The van der Waals surface area contributed by atoms with Crippen molar-refractivity contribution < 1.29 is 14.3 Å². The predicted molar refractivity (Wildman–Crippen MR) is 115 cm³/mol. The lowest BCUT2D eigenvalue weighted by Crippen LogP contribution is -2.49. The number of ether oxygens (including phenoxy) is 1. The molecule has 0 spiro atoms. The number of piperidine rings is 1. The van der Waals surface area contributed by atoms with Crippen LogP contribution in [0.3, 0.4) is 0 Å². The minimum Gasteiger partial charge on any atom is -0.478 e. The molecule has 2 aliphatic rings. The molecule has 2 atom stereocenters. The molecule has 1 aromatic carbocycles. The van der Waals surface area contributed by atoms with Gasteiger partial charge in [0.1, 0.15) is 12.3 Å². The predicted octanol–water partition coefficient (Wildman–Crippen LogP) is 3.27. The lowest BCUT2D eigenvalue weighted by molar-refractivity contribution is -0.129. The average Bonchev–Trinajstić information content (AvgIpc) is 2.73. The number of fused-ring (bicyclic) bond motifs is 1. The van der Waals surface area contributed by atoms with Crippen LogP contribution in [0.2, 0.25) is 0 Å². The van der Waals surface area contributed by atoms with Crippen molar-refractivity contribution in [2.45, 2.75) is 71.4 Å². The highest BCUT2D eigenvalue weighted by atomic mass is 16.5. The van der Waals surface area contributed by atoms with Crippen molar-refractivity contribution in [3.05, 3.63) is 23.8 Å². The monoisotopic (exact) mass is 401 g/mol. The molecule has 0 aliphatic carbocycles. The third-order valence-corrected chi connectivity index (χ3v) is 6.05. The van der Waals surface area contributed by atoms with Gasteiger partial charge in [-0.3, -0.25) is 14.5 Å². The number of anilines is 1. The van der Waals surface area contributed by atoms with Gasteiger partial charge in [-0.15, -0.1) is 0 Å². The Morgan fingerprint density at radius 2 is 2.07 bits per heavy atom. The maximum Gasteiger partial charge on any atom is 0.268 e. The van der Waals surface area contributed by atoms with Crippen LogP contribution in [0, 0.1) is 6.92 Å². The van der Waals surface area contributed by atoms with Crippen LogP contribution < -0.4 is 15.0 Å². The number of hydrogen-bond donors (Lipinski definition) is 1. The summed E-state index contributed by atoms with van der Waals surface area (Å²) >= 11 is 0. The number of nitrogens with zero attached hydrogens (tertiary/aromatic N) is 2. The summed E-state index contributed by atoms with van der Waals surface area (Å²) in [4.78, 5) is 29.5. The second kappa shape index (κ2) is 10.1. The van der Waals surface area contributed by atoms with Crippen molar-refractivity contribution >= 4 is 17.5 Å². The van der Waals surface area contributed by atoms with E-state index in [4.69, 9.17) is 4.74 Å². The Kier molecular flexibility index (Phi) is 7.53. The Bertz CT molecular complexity index is 721. The number of carbonyl (C=O) groups excluding carboxylic acids is 2. The molecule has 1 aromatic rings. The summed E-state index contributed by atoms with van der Waals surface area (Å²) < 4.78 is 5.82. The number of benzene rings is 1. The van der Waals surface area contributed by atoms with Crippen molar-refractivity contribution in [3.63, 3.8) is 0 Å². The molecule has 2 heterocycles. The molecular formula is C23H35N3O3. The topological polar surface area (TPSA) is 61.9 Å². The van der Waals surface area contributed by atoms with E-state index in [-0.39, 0.29) is 18.4 Å². The standard InChI is InChI=1S/C23H35N3O3/c1-4-18-9-6-7-13-25(18)14-8-12-24-22(27)16-26-19-15-17(3)10-11-21(19)29-20(5-2)23(26)28/h10-11,15,18,20H,4-9,12-14,16H2,1-3H3,(H,24,27)/t18-,20-/m0/s1. The zero-order valence-electron chi connectivity index (χ0n) is 18.1. The molecule has 0 radical (unpaired) electrons. The molecule has 2 amide bonds. The highest BCUT2D eigenvalue weighted by Crippen LogP contribution is 2.35. The Labute approximate surface area is 174 Å². The lowest BCUT2D eigenvalue weighted by atomic mass is 10.00. The molecule has 3 rings (SSSR count). The van der Waals surface area contributed by atoms with Crippen LogP contribution in [0.1, 0.15) is 57.9 Å². The Morgan fingerprint density at radius 3 is 2.83 bits per heavy atom. The third kappa shape index (κ3) is 5.30. The maximum atomic E-state index is 12.8. The van der Waals surface area contributed by atoms with Crippen molar-refractivity contribution in [1.82, 2.24) is 10.2 Å². The fourth-order valence-electron chi connectivity index (χ4n) is 4.38. The van der Waals surface area contributed by atoms with E-state index in [9.17, 15) is 9.59 Å². The van der Waals surface area contributed by atoms with Crippen LogP contribution in [0.15, 0.2) is 18.2 Å². The van der Waals surface area contributed by atoms with Gasteiger partial charge >= 0.3 is 0 Å². The van der Waals surface area contributed by atoms with E-state index < -0.39 is 6.10 Å². The van der Waals surface area contributed by atoms with E-state index in [2.05, 4.69) is 17.1 Å². The second-order valence-electron chi connectivity index (χ2n) is 8.21. The molecule has 1 N–H and O–H groups in total. The van der Waals surface area contributed by atoms with E-state index >= 15 is 0 Å². The van der Waals surface area contributed by atoms with E-state index in [0.29, 0.717) is 30.4 Å². The Hall–Kier alpha value is -2.08. The molecule has 0 unspecified atom stereocenters. The summed E-state index contributed by atoms with van der Waals surface area (Å²) in [5, 5.41) is 3.00. The van der Waals surface area contributed by atoms with E-state index in [0.717, 1.165) is 18.5 Å². The number of likely N-dealkylation sites (tertiary alicyclic amines) is 1. The largest absolute Gasteiger partial charge is 0.478 e. The van der Waals surface area contributed by atoms with Gasteiger partial charge in [-0.25, -0.2) is 0 Å². The van der Waals surface area contributed by atoms with Crippen molar-refractivity contribution in [3.8, 4) is 5.75 Å². The Morgan fingerprint density at radius 1 is 1.24 bits per heavy atom. The summed E-state index contributed by atoms with van der Waals surface area (Å²) in [6, 6.07) is 6.45. The number of rotatable bonds is 8. The quantitative estimate of drug-likeness (QED) is 0.679. The zero-order valence-corrected chi connectivity index (χ0v) is 18.1. The molecule has 0 aromatic heterocycles. The molecule has 0 saturated carbocycles. The van der Waals surface area contributed by atoms with Crippen LogP contribution in [-0.2, 0) is 9.59 Å². The molecule has 6 nitrogen and oxygen atoms in total. The average molecular weight is 402 g/mol. The van der Waals surface area contributed by atoms with Crippen LogP contribution >= 0.6 is 0 Å². The number of nitrogens with one attached hydrogen (secondary N) is 1. The zero-order chi connectivity index (χ0) is 20.8. The maximum absolute atomic E-state index is 12.8. The van der Waals surface area contributed by atoms with Crippen molar-refractivity contribution in [2.75, 3.05) is 31.1 Å². The van der Waals surface area contributed by atoms with E-state index in [1.165, 1.54) is 32.2 Å². The van der Waals surface area contributed by atoms with E-state index in [1.807, 2.05) is 32.0 Å². The highest BCUT2D eigenvalue weighted by Gasteiger charge is 2.34. The van der Waals surface area contributed by atoms with Crippen LogP contribution in [-0.4, -0.2) is 55.0 Å². The van der Waals surface area contributed by atoms with Gasteiger partial charge < -0.3 is 15.0 Å². The minimum absolute atomic E-state index is 0.0381. The molecule has 0 bridgehead atoms. The van der Waals surface area contributed by atoms with Gasteiger partial charge in [-0.2, -0.15) is 0 Å². The first-order valence-electron chi connectivity index (χ1n) is 11.1. The number of aryl methyl sites for hydroxylation is 1. The summed E-state index contributed by atoms with van der Waals surface area (Å²) in [6.07, 6.45) is 6.09. The number of hydrogen-bond acceptors (Lipinski definition) is 4. The lowest BCUT2D eigenvalue weighted by Gasteiger charge is -2.35. The summed E-state index contributed by atoms with van der Waals surface area (Å²) in [6.45, 7) is 9.02. The van der Waals surface area contributed by atoms with Gasteiger partial charge in [0.05, 0.1) is 5.69 Å². The van der Waals surface area contributed by atoms with Gasteiger partial charge in [0.15, 0.2) is 6.10 Å². The number of carbonyl (C=O) groups is 2. The smallest absolute Gasteiger partial charge is 0.268 e. The molecule has 6 heteroatoms. The number of amides is 2. The van der Waals surface area contributed by atoms with Gasteiger partial charge in [0.25, 0.3) is 5.91 Å². The minimum atomic E-state index is -0.525. The summed E-state index contributed by atoms with van der Waals surface area (Å²) in [5.41, 5.74) is 1.72. The molecule has 160 valence electrons. The van der Waals surface area contributed by atoms with Crippen LogP contribution in [0.4, 0.5) is 5.69 Å². The SMILES string of the molecule is CC[C@H]1CCCCN1CCCNC(=O)CN1C(=O)[C@H](CC)Oc2ccc(C)cc21. The normalized spacial score (nSPS) is 22.2. The molecule has 2 aliphatic heterocycles. The van der Waals surface area contributed by atoms with Crippen LogP contribution in [0.25, 0.3) is 0 Å². The van der Waals surface area contributed by atoms with Gasteiger partial charge in [0, 0.05) is 19.1 Å². The van der Waals surface area contributed by atoms with Gasteiger partial charge in [-0.05, 0) is 63.3 Å². The van der Waals surface area contributed by atoms with Gasteiger partial charge in [-0.1, -0.05) is 26.3 Å². The van der Waals surface area contributed by atoms with E-state index in [1.54, 1.807) is 4.90 Å². The summed E-state index contributed by atoms with van der Waals surface area (Å²) in [7, 11) is 0. The first-order valence-corrected chi connectivity index (χ1v) is 11.1. The fraction of sp³-hybridized carbons (Fsp3) is 0.652.